The molecule has 2 aromatic rings. The average Bonchev–Trinajstić information content (AvgIpc) is 2.69. The van der Waals surface area contributed by atoms with Crippen LogP contribution in [-0.2, 0) is 21.0 Å². The lowest BCUT2D eigenvalue weighted by atomic mass is 10.2. The van der Waals surface area contributed by atoms with E-state index in [9.17, 15) is 26.4 Å². The summed E-state index contributed by atoms with van der Waals surface area (Å²) in [6, 6.07) is 9.49. The van der Waals surface area contributed by atoms with Gasteiger partial charge in [0.1, 0.15) is 0 Å². The highest BCUT2D eigenvalue weighted by atomic mass is 32.2. The largest absolute Gasteiger partial charge is 0.417 e. The molecule has 2 N–H and O–H groups in total. The van der Waals surface area contributed by atoms with Crippen molar-refractivity contribution in [3.05, 3.63) is 54.1 Å². The van der Waals surface area contributed by atoms with Gasteiger partial charge < -0.3 is 10.2 Å². The van der Waals surface area contributed by atoms with E-state index in [2.05, 4.69) is 10.2 Å². The topological polar surface area (TPSA) is 78.5 Å². The number of nitrogens with one attached hydrogen (secondary N) is 2. The number of carbonyl (C=O) groups excluding carboxylic acids is 1. The van der Waals surface area contributed by atoms with Crippen LogP contribution < -0.4 is 14.9 Å². The fourth-order valence-electron chi connectivity index (χ4n) is 2.88. The highest BCUT2D eigenvalue weighted by molar-refractivity contribution is 7.89. The van der Waals surface area contributed by atoms with Gasteiger partial charge in [0.25, 0.3) is 0 Å². The number of sulfonamides is 1. The van der Waals surface area contributed by atoms with Crippen molar-refractivity contribution in [3.63, 3.8) is 0 Å². The van der Waals surface area contributed by atoms with Crippen molar-refractivity contribution in [2.24, 2.45) is 0 Å². The average molecular weight is 443 g/mol. The third-order valence-corrected chi connectivity index (χ3v) is 6.07. The zero-order valence-electron chi connectivity index (χ0n) is 16.8. The molecule has 0 aliphatic heterocycles. The first-order chi connectivity index (χ1) is 14.0. The molecule has 0 bridgehead atoms. The zero-order chi connectivity index (χ0) is 22.5. The summed E-state index contributed by atoms with van der Waals surface area (Å²) in [6.45, 7) is 6.93. The number of alkyl halides is 3. The minimum atomic E-state index is -4.84. The van der Waals surface area contributed by atoms with Crippen LogP contribution in [0, 0.1) is 0 Å². The molecule has 0 heterocycles. The third-order valence-electron chi connectivity index (χ3n) is 4.47. The molecule has 164 valence electrons. The minimum absolute atomic E-state index is 0.442. The van der Waals surface area contributed by atoms with Gasteiger partial charge in [-0.1, -0.05) is 12.1 Å². The van der Waals surface area contributed by atoms with Crippen molar-refractivity contribution in [3.8, 4) is 0 Å². The van der Waals surface area contributed by atoms with Gasteiger partial charge in [-0.25, -0.2) is 8.42 Å². The van der Waals surface area contributed by atoms with E-state index in [4.69, 9.17) is 0 Å². The standard InChI is InChI=1S/C20H24F3N3O3S/c1-4-26(5-2)16-12-10-15(11-13-16)24-19(27)14(3)25-30(28,29)18-9-7-6-8-17(18)20(21,22)23/h6-14,25H,4-5H2,1-3H3,(H,24,27)/t14-/m0/s1. The van der Waals surface area contributed by atoms with Crippen LogP contribution in [0.4, 0.5) is 24.5 Å². The van der Waals surface area contributed by atoms with Gasteiger partial charge in [0, 0.05) is 24.5 Å². The van der Waals surface area contributed by atoms with Crippen LogP contribution in [-0.4, -0.2) is 33.5 Å². The maximum Gasteiger partial charge on any atom is 0.417 e. The highest BCUT2D eigenvalue weighted by Gasteiger charge is 2.37. The SMILES string of the molecule is CCN(CC)c1ccc(NC(=O)[C@H](C)NS(=O)(=O)c2ccccc2C(F)(F)F)cc1. The summed E-state index contributed by atoms with van der Waals surface area (Å²) in [5.41, 5.74) is 0.116. The minimum Gasteiger partial charge on any atom is -0.372 e. The summed E-state index contributed by atoms with van der Waals surface area (Å²) in [6.07, 6.45) is -4.84. The van der Waals surface area contributed by atoms with Crippen LogP contribution in [0.15, 0.2) is 53.4 Å². The summed E-state index contributed by atoms with van der Waals surface area (Å²) in [5, 5.41) is 2.56. The highest BCUT2D eigenvalue weighted by Crippen LogP contribution is 2.33. The van der Waals surface area contributed by atoms with Crippen molar-refractivity contribution >= 4 is 27.3 Å². The Morgan fingerprint density at radius 1 is 1.03 bits per heavy atom. The van der Waals surface area contributed by atoms with Crippen molar-refractivity contribution in [2.75, 3.05) is 23.3 Å². The Labute approximate surface area is 174 Å². The first kappa shape index (κ1) is 23.7. The number of hydrogen-bond donors (Lipinski definition) is 2. The summed E-state index contributed by atoms with van der Waals surface area (Å²) in [4.78, 5) is 13.5. The van der Waals surface area contributed by atoms with Gasteiger partial charge in [-0.05, 0) is 57.2 Å². The van der Waals surface area contributed by atoms with E-state index in [0.29, 0.717) is 11.8 Å². The van der Waals surface area contributed by atoms with E-state index >= 15 is 0 Å². The van der Waals surface area contributed by atoms with E-state index in [1.165, 1.54) is 13.0 Å². The van der Waals surface area contributed by atoms with Gasteiger partial charge in [-0.15, -0.1) is 0 Å². The number of anilines is 2. The Balaban J connectivity index is 2.12. The normalized spacial score (nSPS) is 13.0. The summed E-state index contributed by atoms with van der Waals surface area (Å²) < 4.78 is 66.3. The second kappa shape index (κ2) is 9.48. The van der Waals surface area contributed by atoms with Crippen LogP contribution in [0.2, 0.25) is 0 Å². The molecule has 0 unspecified atom stereocenters. The van der Waals surface area contributed by atoms with Gasteiger partial charge in [0.05, 0.1) is 16.5 Å². The fourth-order valence-corrected chi connectivity index (χ4v) is 4.31. The lowest BCUT2D eigenvalue weighted by molar-refractivity contribution is -0.139. The summed E-state index contributed by atoms with van der Waals surface area (Å²) in [5.74, 6) is -0.696. The molecule has 0 saturated heterocycles. The number of amides is 1. The predicted molar refractivity (Wildman–Crippen MR) is 110 cm³/mol. The lowest BCUT2D eigenvalue weighted by Crippen LogP contribution is -2.42. The van der Waals surface area contributed by atoms with Crippen molar-refractivity contribution in [1.82, 2.24) is 4.72 Å². The molecule has 0 aliphatic rings. The monoisotopic (exact) mass is 443 g/mol. The van der Waals surface area contributed by atoms with Crippen molar-refractivity contribution in [1.29, 1.82) is 0 Å². The molecule has 0 fully saturated rings. The number of benzene rings is 2. The molecule has 0 aliphatic carbocycles. The zero-order valence-corrected chi connectivity index (χ0v) is 17.6. The number of hydrogen-bond acceptors (Lipinski definition) is 4. The van der Waals surface area contributed by atoms with E-state index < -0.39 is 38.6 Å². The Morgan fingerprint density at radius 3 is 2.13 bits per heavy atom. The first-order valence-electron chi connectivity index (χ1n) is 9.34. The molecule has 0 radical (unpaired) electrons. The van der Waals surface area contributed by atoms with Gasteiger partial charge in [-0.2, -0.15) is 17.9 Å². The number of carbonyl (C=O) groups is 1. The number of halogens is 3. The molecular formula is C20H24F3N3O3S. The van der Waals surface area contributed by atoms with Gasteiger partial charge in [0.15, 0.2) is 0 Å². The molecule has 0 spiro atoms. The Bertz CT molecular complexity index is 973. The molecule has 2 rings (SSSR count). The molecule has 2 aromatic carbocycles. The van der Waals surface area contributed by atoms with Crippen LogP contribution in [0.1, 0.15) is 26.3 Å². The maximum absolute atomic E-state index is 13.1. The fraction of sp³-hybridized carbons (Fsp3) is 0.350. The van der Waals surface area contributed by atoms with E-state index in [0.717, 1.165) is 30.9 Å². The van der Waals surface area contributed by atoms with E-state index in [-0.39, 0.29) is 0 Å². The molecule has 0 aromatic heterocycles. The molecule has 0 saturated carbocycles. The Kier molecular flexibility index (Phi) is 7.49. The Hall–Kier alpha value is -2.59. The second-order valence-corrected chi connectivity index (χ2v) is 8.23. The Morgan fingerprint density at radius 2 is 1.60 bits per heavy atom. The molecule has 10 heteroatoms. The van der Waals surface area contributed by atoms with Crippen LogP contribution in [0.5, 0.6) is 0 Å². The lowest BCUT2D eigenvalue weighted by Gasteiger charge is -2.21. The van der Waals surface area contributed by atoms with Gasteiger partial charge in [-0.3, -0.25) is 4.79 Å². The quantitative estimate of drug-likeness (QED) is 0.650. The third kappa shape index (κ3) is 5.73. The number of nitrogens with zero attached hydrogens (tertiary/aromatic N) is 1. The molecular weight excluding hydrogens is 419 g/mol. The summed E-state index contributed by atoms with van der Waals surface area (Å²) >= 11 is 0. The molecule has 6 nitrogen and oxygen atoms in total. The molecule has 30 heavy (non-hydrogen) atoms. The van der Waals surface area contributed by atoms with E-state index in [1.54, 1.807) is 12.1 Å². The van der Waals surface area contributed by atoms with Crippen molar-refractivity contribution in [2.45, 2.75) is 37.9 Å². The predicted octanol–water partition coefficient (Wildman–Crippen LogP) is 3.86. The number of rotatable bonds is 8. The van der Waals surface area contributed by atoms with Crippen molar-refractivity contribution < 1.29 is 26.4 Å². The maximum atomic E-state index is 13.1. The smallest absolute Gasteiger partial charge is 0.372 e. The van der Waals surface area contributed by atoms with Crippen LogP contribution in [0.3, 0.4) is 0 Å². The second-order valence-electron chi connectivity index (χ2n) is 6.55. The van der Waals surface area contributed by atoms with E-state index in [1.807, 2.05) is 30.7 Å². The molecule has 1 atom stereocenters. The van der Waals surface area contributed by atoms with Crippen LogP contribution >= 0.6 is 0 Å². The molecule has 1 amide bonds. The van der Waals surface area contributed by atoms with Gasteiger partial charge in [0.2, 0.25) is 15.9 Å². The van der Waals surface area contributed by atoms with Gasteiger partial charge >= 0.3 is 6.18 Å². The summed E-state index contributed by atoms with van der Waals surface area (Å²) in [7, 11) is -4.57. The first-order valence-corrected chi connectivity index (χ1v) is 10.8. The van der Waals surface area contributed by atoms with Crippen LogP contribution in [0.25, 0.3) is 0 Å².